The molecule has 0 heterocycles. The van der Waals surface area contributed by atoms with Crippen molar-refractivity contribution in [3.63, 3.8) is 0 Å². The first kappa shape index (κ1) is 18.6. The summed E-state index contributed by atoms with van der Waals surface area (Å²) in [6.07, 6.45) is 4.73. The number of methoxy groups -OCH3 is 1. The molecule has 1 aliphatic rings. The maximum Gasteiger partial charge on any atom is 0.413 e. The van der Waals surface area contributed by atoms with Gasteiger partial charge < -0.3 is 4.74 Å². The monoisotopic (exact) mass is 347 g/mol. The van der Waals surface area contributed by atoms with Gasteiger partial charge in [-0.25, -0.2) is 4.79 Å². The van der Waals surface area contributed by atoms with Crippen molar-refractivity contribution in [3.8, 4) is 0 Å². The van der Waals surface area contributed by atoms with E-state index in [1.54, 1.807) is 7.05 Å². The van der Waals surface area contributed by atoms with Crippen LogP contribution in [-0.4, -0.2) is 36.2 Å². The highest BCUT2D eigenvalue weighted by Crippen LogP contribution is 2.42. The van der Waals surface area contributed by atoms with Crippen molar-refractivity contribution in [1.29, 1.82) is 0 Å². The molecule has 1 unspecified atom stereocenters. The summed E-state index contributed by atoms with van der Waals surface area (Å²) in [6, 6.07) is 9.80. The summed E-state index contributed by atoms with van der Waals surface area (Å²) < 4.78 is 4.83. The minimum atomic E-state index is -0.429. The fourth-order valence-electron chi connectivity index (χ4n) is 2.83. The van der Waals surface area contributed by atoms with Gasteiger partial charge in [0.15, 0.2) is 5.78 Å². The third-order valence-corrected chi connectivity index (χ3v) is 5.40. The van der Waals surface area contributed by atoms with E-state index < -0.39 is 6.09 Å². The van der Waals surface area contributed by atoms with E-state index in [4.69, 9.17) is 4.74 Å². The summed E-state index contributed by atoms with van der Waals surface area (Å²) in [4.78, 5) is 27.0. The van der Waals surface area contributed by atoms with Crippen molar-refractivity contribution < 1.29 is 14.3 Å². The lowest BCUT2D eigenvalue weighted by atomic mass is 9.87. The fraction of sp³-hybridized carbons (Fsp3) is 0.474. The van der Waals surface area contributed by atoms with Crippen LogP contribution in [0.2, 0.25) is 0 Å². The van der Waals surface area contributed by atoms with Crippen molar-refractivity contribution in [3.05, 3.63) is 41.6 Å². The van der Waals surface area contributed by atoms with E-state index in [-0.39, 0.29) is 11.0 Å². The number of ketones is 1. The lowest BCUT2D eigenvalue weighted by Crippen LogP contribution is -2.44. The largest absolute Gasteiger partial charge is 0.452 e. The fourth-order valence-corrected chi connectivity index (χ4v) is 4.07. The number of hydrogen-bond donors (Lipinski definition) is 0. The number of allylic oxidation sites excluding steroid dienone is 1. The van der Waals surface area contributed by atoms with Crippen LogP contribution in [0.25, 0.3) is 0 Å². The maximum atomic E-state index is 12.6. The van der Waals surface area contributed by atoms with Gasteiger partial charge in [0.05, 0.1) is 12.8 Å². The number of amides is 1. The molecule has 0 bridgehead atoms. The quantitative estimate of drug-likeness (QED) is 0.642. The Balaban J connectivity index is 2.16. The first-order chi connectivity index (χ1) is 11.6. The molecule has 1 aliphatic carbocycles. The van der Waals surface area contributed by atoms with Gasteiger partial charge in [-0.1, -0.05) is 44.4 Å². The molecule has 130 valence electrons. The van der Waals surface area contributed by atoms with E-state index in [9.17, 15) is 9.59 Å². The van der Waals surface area contributed by atoms with E-state index in [0.29, 0.717) is 0 Å². The van der Waals surface area contributed by atoms with E-state index in [1.165, 1.54) is 30.2 Å². The zero-order valence-electron chi connectivity index (χ0n) is 14.6. The molecule has 5 heteroatoms. The van der Waals surface area contributed by atoms with Crippen LogP contribution in [0.1, 0.15) is 39.0 Å². The Morgan fingerprint density at radius 1 is 1.21 bits per heavy atom. The maximum absolute atomic E-state index is 12.6. The zero-order chi connectivity index (χ0) is 17.5. The molecule has 1 aromatic rings. The van der Waals surface area contributed by atoms with Gasteiger partial charge in [-0.3, -0.25) is 9.69 Å². The topological polar surface area (TPSA) is 46.6 Å². The number of Topliss-reactive ketones (excluding diaryl/α,β-unsaturated/α-hetero) is 1. The second-order valence-electron chi connectivity index (χ2n) is 5.88. The van der Waals surface area contributed by atoms with Gasteiger partial charge in [0.25, 0.3) is 0 Å². The van der Waals surface area contributed by atoms with Gasteiger partial charge in [-0.05, 0) is 25.0 Å². The molecule has 1 amide bonds. The van der Waals surface area contributed by atoms with Crippen LogP contribution in [0.4, 0.5) is 4.79 Å². The van der Waals surface area contributed by atoms with Crippen LogP contribution in [-0.2, 0) is 9.53 Å². The first-order valence-electron chi connectivity index (χ1n) is 8.40. The van der Waals surface area contributed by atoms with Crippen molar-refractivity contribution in [2.24, 2.45) is 0 Å². The Hall–Kier alpha value is -1.75. The summed E-state index contributed by atoms with van der Waals surface area (Å²) >= 11 is 1.49. The molecule has 2 rings (SSSR count). The van der Waals surface area contributed by atoms with Crippen molar-refractivity contribution in [2.75, 3.05) is 14.2 Å². The average molecular weight is 347 g/mol. The molecule has 0 spiro atoms. The highest BCUT2D eigenvalue weighted by Gasteiger charge is 2.43. The standard InChI is InChI=1S/C19H25NO3S/c1-4-5-6-10-13-15-16(20(2)19(22)23-3)18(17(15)21)24-14-11-8-7-9-12-14/h7-9,11-12,18H,4-6,10,13H2,1-3H3. The van der Waals surface area contributed by atoms with Gasteiger partial charge in [0.1, 0.15) is 5.25 Å². The molecular formula is C19H25NO3S. The average Bonchev–Trinajstić information content (AvgIpc) is 2.62. The third-order valence-electron chi connectivity index (χ3n) is 4.18. The normalized spacial score (nSPS) is 16.8. The number of hydrogen-bond acceptors (Lipinski definition) is 4. The Morgan fingerprint density at radius 3 is 2.54 bits per heavy atom. The number of carbonyl (C=O) groups is 2. The molecule has 0 aromatic heterocycles. The van der Waals surface area contributed by atoms with Crippen LogP contribution in [0.3, 0.4) is 0 Å². The Labute approximate surface area is 148 Å². The molecular weight excluding hydrogens is 322 g/mol. The van der Waals surface area contributed by atoms with Gasteiger partial charge in [-0.15, -0.1) is 11.8 Å². The molecule has 0 saturated carbocycles. The molecule has 1 atom stereocenters. The predicted molar refractivity (Wildman–Crippen MR) is 97.0 cm³/mol. The van der Waals surface area contributed by atoms with Crippen LogP contribution < -0.4 is 0 Å². The third kappa shape index (κ3) is 4.20. The predicted octanol–water partition coefficient (Wildman–Crippen LogP) is 4.65. The SMILES string of the molecule is CCCCCCC1=C(N(C)C(=O)OC)C(Sc2ccccc2)C1=O. The summed E-state index contributed by atoms with van der Waals surface area (Å²) in [5.41, 5.74) is 1.59. The van der Waals surface area contributed by atoms with Crippen molar-refractivity contribution in [1.82, 2.24) is 4.90 Å². The summed E-state index contributed by atoms with van der Waals surface area (Å²) in [5, 5.41) is -0.322. The van der Waals surface area contributed by atoms with Crippen LogP contribution in [0.15, 0.2) is 46.5 Å². The highest BCUT2D eigenvalue weighted by atomic mass is 32.2. The molecule has 0 radical (unpaired) electrons. The summed E-state index contributed by atoms with van der Waals surface area (Å²) in [7, 11) is 3.04. The first-order valence-corrected chi connectivity index (χ1v) is 9.28. The molecule has 0 saturated heterocycles. The Bertz CT molecular complexity index is 612. The number of ether oxygens (including phenoxy) is 1. The highest BCUT2D eigenvalue weighted by molar-refractivity contribution is 8.01. The number of thioether (sulfide) groups is 1. The zero-order valence-corrected chi connectivity index (χ0v) is 15.4. The van der Waals surface area contributed by atoms with Crippen LogP contribution in [0, 0.1) is 0 Å². The second kappa shape index (κ2) is 8.92. The summed E-state index contributed by atoms with van der Waals surface area (Å²) in [6.45, 7) is 2.16. The Morgan fingerprint density at radius 2 is 1.92 bits per heavy atom. The van der Waals surface area contributed by atoms with Crippen LogP contribution >= 0.6 is 11.8 Å². The van der Waals surface area contributed by atoms with E-state index >= 15 is 0 Å². The number of rotatable bonds is 8. The molecule has 4 nitrogen and oxygen atoms in total. The Kier molecular flexibility index (Phi) is 6.91. The molecule has 0 N–H and O–H groups in total. The van der Waals surface area contributed by atoms with E-state index in [0.717, 1.165) is 41.8 Å². The van der Waals surface area contributed by atoms with Gasteiger partial charge >= 0.3 is 6.09 Å². The smallest absolute Gasteiger partial charge is 0.413 e. The minimum Gasteiger partial charge on any atom is -0.452 e. The van der Waals surface area contributed by atoms with Gasteiger partial charge in [0.2, 0.25) is 0 Å². The number of nitrogens with zero attached hydrogens (tertiary/aromatic N) is 1. The van der Waals surface area contributed by atoms with Gasteiger partial charge in [0, 0.05) is 17.5 Å². The molecule has 1 aromatic carbocycles. The van der Waals surface area contributed by atoms with Crippen LogP contribution in [0.5, 0.6) is 0 Å². The van der Waals surface area contributed by atoms with E-state index in [2.05, 4.69) is 6.92 Å². The molecule has 24 heavy (non-hydrogen) atoms. The van der Waals surface area contributed by atoms with Gasteiger partial charge in [-0.2, -0.15) is 0 Å². The lowest BCUT2D eigenvalue weighted by Gasteiger charge is -2.36. The van der Waals surface area contributed by atoms with Crippen molar-refractivity contribution in [2.45, 2.75) is 49.2 Å². The molecule has 0 aliphatic heterocycles. The number of unbranched alkanes of at least 4 members (excludes halogenated alkanes) is 3. The lowest BCUT2D eigenvalue weighted by molar-refractivity contribution is -0.116. The second-order valence-corrected chi connectivity index (χ2v) is 7.06. The number of carbonyl (C=O) groups excluding carboxylic acids is 2. The number of benzene rings is 1. The summed E-state index contributed by atoms with van der Waals surface area (Å²) in [5.74, 6) is 0.145. The van der Waals surface area contributed by atoms with Crippen molar-refractivity contribution >= 4 is 23.6 Å². The molecule has 0 fully saturated rings. The van der Waals surface area contributed by atoms with E-state index in [1.807, 2.05) is 30.3 Å². The minimum absolute atomic E-state index is 0.145.